The van der Waals surface area contributed by atoms with Crippen LogP contribution < -0.4 is 4.74 Å². The molecule has 0 radical (unpaired) electrons. The molecule has 96 valence electrons. The van der Waals surface area contributed by atoms with Crippen LogP contribution in [-0.4, -0.2) is 11.6 Å². The molecule has 0 aliphatic carbocycles. The van der Waals surface area contributed by atoms with Crippen molar-refractivity contribution in [2.45, 2.75) is 20.3 Å². The third kappa shape index (κ3) is 3.32. The van der Waals surface area contributed by atoms with Crippen molar-refractivity contribution < 1.29 is 4.74 Å². The molecule has 0 spiro atoms. The second kappa shape index (κ2) is 6.01. The van der Waals surface area contributed by atoms with Gasteiger partial charge in [0, 0.05) is 18.8 Å². The van der Waals surface area contributed by atoms with Gasteiger partial charge in [-0.05, 0) is 54.8 Å². The summed E-state index contributed by atoms with van der Waals surface area (Å²) in [5.41, 5.74) is 3.90. The first-order chi connectivity index (χ1) is 9.20. The smallest absolute Gasteiger partial charge is 0.125 e. The Balaban J connectivity index is 2.02. The predicted octanol–water partition coefficient (Wildman–Crippen LogP) is 3.19. The molecule has 0 amide bonds. The van der Waals surface area contributed by atoms with Gasteiger partial charge in [-0.15, -0.1) is 0 Å². The Bertz CT molecular complexity index is 577. The first kappa shape index (κ1) is 13.1. The largest absolute Gasteiger partial charge is 0.493 e. The molecule has 0 N–H and O–H groups in total. The molecule has 0 fully saturated rings. The second-order valence-electron chi connectivity index (χ2n) is 4.50. The van der Waals surface area contributed by atoms with Gasteiger partial charge in [0.2, 0.25) is 0 Å². The fourth-order valence-electron chi connectivity index (χ4n) is 2.06. The van der Waals surface area contributed by atoms with Crippen LogP contribution in [0.3, 0.4) is 0 Å². The number of aryl methyl sites for hydroxylation is 2. The summed E-state index contributed by atoms with van der Waals surface area (Å²) in [5.74, 6) is 0.882. The average molecular weight is 252 g/mol. The molecule has 0 aliphatic heterocycles. The van der Waals surface area contributed by atoms with Crippen molar-refractivity contribution in [3.8, 4) is 11.8 Å². The lowest BCUT2D eigenvalue weighted by molar-refractivity contribution is 0.317. The highest BCUT2D eigenvalue weighted by Gasteiger charge is 2.06. The van der Waals surface area contributed by atoms with Crippen LogP contribution in [0.15, 0.2) is 36.7 Å². The van der Waals surface area contributed by atoms with Crippen molar-refractivity contribution in [1.82, 2.24) is 4.98 Å². The van der Waals surface area contributed by atoms with E-state index in [4.69, 9.17) is 10.00 Å². The van der Waals surface area contributed by atoms with E-state index in [0.29, 0.717) is 12.2 Å². The van der Waals surface area contributed by atoms with Gasteiger partial charge >= 0.3 is 0 Å². The van der Waals surface area contributed by atoms with Gasteiger partial charge in [0.1, 0.15) is 5.75 Å². The van der Waals surface area contributed by atoms with Crippen LogP contribution in [0.2, 0.25) is 0 Å². The number of nitrogens with zero attached hydrogens (tertiary/aromatic N) is 2. The minimum atomic E-state index is 0.623. The van der Waals surface area contributed by atoms with E-state index in [9.17, 15) is 0 Å². The Labute approximate surface area is 113 Å². The number of benzene rings is 1. The standard InChI is InChI=1S/C16H16N2O/c1-12-9-15(11-17)10-13(2)16(12)19-8-5-14-3-6-18-7-4-14/h3-4,6-7,9-10H,5,8H2,1-2H3. The summed E-state index contributed by atoms with van der Waals surface area (Å²) >= 11 is 0. The zero-order valence-electron chi connectivity index (χ0n) is 11.2. The Morgan fingerprint density at radius 3 is 2.37 bits per heavy atom. The van der Waals surface area contributed by atoms with Crippen molar-refractivity contribution >= 4 is 0 Å². The maximum atomic E-state index is 8.91. The Morgan fingerprint density at radius 1 is 1.16 bits per heavy atom. The number of ether oxygens (including phenoxy) is 1. The van der Waals surface area contributed by atoms with E-state index in [1.165, 1.54) is 5.56 Å². The average Bonchev–Trinajstić information content (AvgIpc) is 2.42. The lowest BCUT2D eigenvalue weighted by atomic mass is 10.1. The molecule has 3 heteroatoms. The molecule has 0 aliphatic rings. The van der Waals surface area contributed by atoms with Crippen LogP contribution in [0.4, 0.5) is 0 Å². The molecule has 2 aromatic rings. The molecule has 1 aromatic carbocycles. The van der Waals surface area contributed by atoms with E-state index in [-0.39, 0.29) is 0 Å². The fourth-order valence-corrected chi connectivity index (χ4v) is 2.06. The summed E-state index contributed by atoms with van der Waals surface area (Å²) in [6, 6.07) is 9.84. The summed E-state index contributed by atoms with van der Waals surface area (Å²) in [5, 5.41) is 8.91. The van der Waals surface area contributed by atoms with Crippen LogP contribution in [-0.2, 0) is 6.42 Å². The highest BCUT2D eigenvalue weighted by atomic mass is 16.5. The van der Waals surface area contributed by atoms with Crippen LogP contribution in [0.1, 0.15) is 22.3 Å². The molecular weight excluding hydrogens is 236 g/mol. The zero-order chi connectivity index (χ0) is 13.7. The molecule has 0 saturated heterocycles. The summed E-state index contributed by atoms with van der Waals surface area (Å²) in [4.78, 5) is 3.99. The highest BCUT2D eigenvalue weighted by Crippen LogP contribution is 2.24. The van der Waals surface area contributed by atoms with Gasteiger partial charge in [-0.3, -0.25) is 4.98 Å². The molecule has 0 unspecified atom stereocenters. The van der Waals surface area contributed by atoms with Crippen molar-refractivity contribution in [2.24, 2.45) is 0 Å². The number of rotatable bonds is 4. The zero-order valence-corrected chi connectivity index (χ0v) is 11.2. The molecule has 3 nitrogen and oxygen atoms in total. The number of hydrogen-bond donors (Lipinski definition) is 0. The third-order valence-corrected chi connectivity index (χ3v) is 2.98. The number of hydrogen-bond acceptors (Lipinski definition) is 3. The van der Waals surface area contributed by atoms with E-state index in [0.717, 1.165) is 23.3 Å². The minimum absolute atomic E-state index is 0.623. The molecular formula is C16H16N2O. The summed E-state index contributed by atoms with van der Waals surface area (Å²) in [6.45, 7) is 4.56. The number of pyridine rings is 1. The van der Waals surface area contributed by atoms with E-state index >= 15 is 0 Å². The monoisotopic (exact) mass is 252 g/mol. The third-order valence-electron chi connectivity index (χ3n) is 2.98. The van der Waals surface area contributed by atoms with Crippen molar-refractivity contribution in [2.75, 3.05) is 6.61 Å². The topological polar surface area (TPSA) is 45.9 Å². The maximum Gasteiger partial charge on any atom is 0.125 e. The van der Waals surface area contributed by atoms with Gasteiger partial charge in [-0.1, -0.05) is 0 Å². The lowest BCUT2D eigenvalue weighted by Crippen LogP contribution is -2.04. The van der Waals surface area contributed by atoms with Crippen LogP contribution >= 0.6 is 0 Å². The predicted molar refractivity (Wildman–Crippen MR) is 74.1 cm³/mol. The van der Waals surface area contributed by atoms with Crippen molar-refractivity contribution in [1.29, 1.82) is 5.26 Å². The van der Waals surface area contributed by atoms with Gasteiger partial charge in [0.25, 0.3) is 0 Å². The van der Waals surface area contributed by atoms with Crippen LogP contribution in [0, 0.1) is 25.2 Å². The van der Waals surface area contributed by atoms with Crippen LogP contribution in [0.25, 0.3) is 0 Å². The van der Waals surface area contributed by atoms with Gasteiger partial charge < -0.3 is 4.74 Å². The molecule has 0 bridgehead atoms. The van der Waals surface area contributed by atoms with Crippen molar-refractivity contribution in [3.05, 3.63) is 58.9 Å². The second-order valence-corrected chi connectivity index (χ2v) is 4.50. The Hall–Kier alpha value is -2.34. The molecule has 0 atom stereocenters. The summed E-state index contributed by atoms with van der Waals surface area (Å²) < 4.78 is 5.84. The SMILES string of the molecule is Cc1cc(C#N)cc(C)c1OCCc1ccncc1. The number of aromatic nitrogens is 1. The molecule has 0 saturated carbocycles. The van der Waals surface area contributed by atoms with E-state index in [1.807, 2.05) is 38.1 Å². The van der Waals surface area contributed by atoms with Gasteiger partial charge in [-0.2, -0.15) is 5.26 Å². The first-order valence-electron chi connectivity index (χ1n) is 6.24. The Kier molecular flexibility index (Phi) is 4.15. The summed E-state index contributed by atoms with van der Waals surface area (Å²) in [7, 11) is 0. The Morgan fingerprint density at radius 2 is 1.79 bits per heavy atom. The maximum absolute atomic E-state index is 8.91. The number of nitriles is 1. The van der Waals surface area contributed by atoms with E-state index in [1.54, 1.807) is 12.4 Å². The van der Waals surface area contributed by atoms with E-state index in [2.05, 4.69) is 11.1 Å². The lowest BCUT2D eigenvalue weighted by Gasteiger charge is -2.12. The molecule has 1 aromatic heterocycles. The highest BCUT2D eigenvalue weighted by molar-refractivity contribution is 5.47. The molecule has 19 heavy (non-hydrogen) atoms. The summed E-state index contributed by atoms with van der Waals surface area (Å²) in [6.07, 6.45) is 4.42. The fraction of sp³-hybridized carbons (Fsp3) is 0.250. The van der Waals surface area contributed by atoms with Gasteiger partial charge in [-0.25, -0.2) is 0 Å². The quantitative estimate of drug-likeness (QED) is 0.839. The van der Waals surface area contributed by atoms with E-state index < -0.39 is 0 Å². The first-order valence-corrected chi connectivity index (χ1v) is 6.24. The normalized spacial score (nSPS) is 9.95. The van der Waals surface area contributed by atoms with Crippen molar-refractivity contribution in [3.63, 3.8) is 0 Å². The molecule has 1 heterocycles. The molecule has 2 rings (SSSR count). The minimum Gasteiger partial charge on any atom is -0.493 e. The van der Waals surface area contributed by atoms with Gasteiger partial charge in [0.15, 0.2) is 0 Å². The van der Waals surface area contributed by atoms with Crippen LogP contribution in [0.5, 0.6) is 5.75 Å². The van der Waals surface area contributed by atoms with Gasteiger partial charge in [0.05, 0.1) is 18.2 Å².